The molecule has 2 heterocycles. The third-order valence-corrected chi connectivity index (χ3v) is 5.15. The molecular formula is C18H17F2N3O4S. The third kappa shape index (κ3) is 4.11. The molecule has 28 heavy (non-hydrogen) atoms. The van der Waals surface area contributed by atoms with Crippen LogP contribution >= 0.6 is 11.3 Å². The van der Waals surface area contributed by atoms with Crippen molar-refractivity contribution in [3.8, 4) is 5.75 Å². The normalized spacial score (nSPS) is 19.1. The number of rotatable bonds is 7. The number of halogens is 2. The summed E-state index contributed by atoms with van der Waals surface area (Å²) in [4.78, 5) is 38.9. The first-order valence-corrected chi connectivity index (χ1v) is 9.16. The molecule has 3 rings (SSSR count). The summed E-state index contributed by atoms with van der Waals surface area (Å²) in [5, 5.41) is 7.09. The zero-order chi connectivity index (χ0) is 20.3. The van der Waals surface area contributed by atoms with E-state index in [0.29, 0.717) is 12.1 Å². The monoisotopic (exact) mass is 409 g/mol. The fraction of sp³-hybridized carbons (Fsp3) is 0.278. The smallest absolute Gasteiger partial charge is 0.387 e. The number of carbonyl (C=O) groups excluding carboxylic acids is 3. The van der Waals surface area contributed by atoms with Crippen molar-refractivity contribution in [2.75, 3.05) is 6.54 Å². The average molecular weight is 409 g/mol. The Hall–Kier alpha value is -3.01. The molecule has 0 bridgehead atoms. The number of hydrogen-bond donors (Lipinski definition) is 2. The summed E-state index contributed by atoms with van der Waals surface area (Å²) in [6.07, 6.45) is 0. The summed E-state index contributed by atoms with van der Waals surface area (Å²) in [7, 11) is 0. The van der Waals surface area contributed by atoms with E-state index in [1.807, 2.05) is 17.5 Å². The Balaban J connectivity index is 1.67. The van der Waals surface area contributed by atoms with E-state index in [0.717, 1.165) is 9.78 Å². The van der Waals surface area contributed by atoms with Gasteiger partial charge in [0.1, 0.15) is 17.8 Å². The first kappa shape index (κ1) is 19.7. The first-order chi connectivity index (χ1) is 13.3. The van der Waals surface area contributed by atoms with Crippen molar-refractivity contribution < 1.29 is 27.9 Å². The molecule has 4 amide bonds. The summed E-state index contributed by atoms with van der Waals surface area (Å²) in [6, 6.07) is 8.40. The lowest BCUT2D eigenvalue weighted by Crippen LogP contribution is -2.43. The van der Waals surface area contributed by atoms with Crippen LogP contribution in [0.15, 0.2) is 41.8 Å². The number of carbonyl (C=O) groups is 3. The van der Waals surface area contributed by atoms with Crippen LogP contribution in [0, 0.1) is 0 Å². The van der Waals surface area contributed by atoms with Crippen molar-refractivity contribution in [1.82, 2.24) is 15.5 Å². The van der Waals surface area contributed by atoms with Crippen molar-refractivity contribution in [2.45, 2.75) is 25.6 Å². The summed E-state index contributed by atoms with van der Waals surface area (Å²) in [5.41, 5.74) is -1.02. The Morgan fingerprint density at radius 3 is 2.61 bits per heavy atom. The molecule has 2 N–H and O–H groups in total. The van der Waals surface area contributed by atoms with Crippen LogP contribution in [0.25, 0.3) is 0 Å². The van der Waals surface area contributed by atoms with Crippen LogP contribution in [0.4, 0.5) is 13.6 Å². The van der Waals surface area contributed by atoms with Crippen molar-refractivity contribution in [2.24, 2.45) is 0 Å². The minimum Gasteiger partial charge on any atom is -0.435 e. The number of alkyl halides is 2. The highest BCUT2D eigenvalue weighted by Crippen LogP contribution is 2.30. The highest BCUT2D eigenvalue weighted by Gasteiger charge is 2.49. The van der Waals surface area contributed by atoms with Crippen molar-refractivity contribution in [3.63, 3.8) is 0 Å². The fourth-order valence-corrected chi connectivity index (χ4v) is 3.45. The molecule has 0 aliphatic carbocycles. The van der Waals surface area contributed by atoms with Gasteiger partial charge in [-0.3, -0.25) is 14.5 Å². The predicted molar refractivity (Wildman–Crippen MR) is 96.8 cm³/mol. The van der Waals surface area contributed by atoms with E-state index in [1.54, 1.807) is 0 Å². The van der Waals surface area contributed by atoms with Gasteiger partial charge in [-0.1, -0.05) is 18.2 Å². The molecule has 7 nitrogen and oxygen atoms in total. The van der Waals surface area contributed by atoms with E-state index < -0.39 is 36.5 Å². The molecule has 0 saturated carbocycles. The van der Waals surface area contributed by atoms with Crippen LogP contribution in [-0.4, -0.2) is 35.9 Å². The van der Waals surface area contributed by atoms with Crippen LogP contribution in [-0.2, 0) is 21.7 Å². The molecular weight excluding hydrogens is 392 g/mol. The van der Waals surface area contributed by atoms with Crippen LogP contribution in [0.1, 0.15) is 17.4 Å². The van der Waals surface area contributed by atoms with Crippen molar-refractivity contribution in [1.29, 1.82) is 0 Å². The van der Waals surface area contributed by atoms with E-state index in [9.17, 15) is 23.2 Å². The number of hydrogen-bond acceptors (Lipinski definition) is 5. The van der Waals surface area contributed by atoms with Crippen LogP contribution in [0.2, 0.25) is 0 Å². The molecule has 1 atom stereocenters. The predicted octanol–water partition coefficient (Wildman–Crippen LogP) is 2.43. The SMILES string of the molecule is CC1(c2ccc(OC(F)F)cc2)NC(=O)N(CC(=O)NCc2cccs2)C1=O. The van der Waals surface area contributed by atoms with E-state index in [-0.39, 0.29) is 5.75 Å². The van der Waals surface area contributed by atoms with Crippen molar-refractivity contribution in [3.05, 3.63) is 52.2 Å². The molecule has 1 aromatic heterocycles. The Bertz CT molecular complexity index is 873. The van der Waals surface area contributed by atoms with Gasteiger partial charge in [0.25, 0.3) is 5.91 Å². The lowest BCUT2D eigenvalue weighted by atomic mass is 9.92. The van der Waals surface area contributed by atoms with E-state index in [1.165, 1.54) is 42.5 Å². The Kier molecular flexibility index (Phi) is 5.59. The number of imide groups is 1. The van der Waals surface area contributed by atoms with Gasteiger partial charge in [-0.15, -0.1) is 11.3 Å². The van der Waals surface area contributed by atoms with Gasteiger partial charge in [-0.05, 0) is 36.1 Å². The molecule has 1 aromatic carbocycles. The first-order valence-electron chi connectivity index (χ1n) is 8.28. The lowest BCUT2D eigenvalue weighted by molar-refractivity contribution is -0.134. The fourth-order valence-electron chi connectivity index (χ4n) is 2.80. The molecule has 1 fully saturated rings. The second-order valence-corrected chi connectivity index (χ2v) is 7.24. The number of nitrogens with one attached hydrogen (secondary N) is 2. The van der Waals surface area contributed by atoms with Crippen molar-refractivity contribution >= 4 is 29.2 Å². The van der Waals surface area contributed by atoms with Gasteiger partial charge >= 0.3 is 12.6 Å². The van der Waals surface area contributed by atoms with E-state index in [4.69, 9.17) is 0 Å². The third-order valence-electron chi connectivity index (χ3n) is 4.27. The minimum absolute atomic E-state index is 0.0658. The standard InChI is InChI=1S/C18H17F2N3O4S/c1-18(11-4-6-12(7-5-11)27-16(19)20)15(25)23(17(26)22-18)10-14(24)21-9-13-3-2-8-28-13/h2-8,16H,9-10H2,1H3,(H,21,24)(H,22,26). The average Bonchev–Trinajstić information content (AvgIpc) is 3.23. The quantitative estimate of drug-likeness (QED) is 0.688. The maximum Gasteiger partial charge on any atom is 0.387 e. The van der Waals surface area contributed by atoms with Gasteiger partial charge in [-0.2, -0.15) is 8.78 Å². The van der Waals surface area contributed by atoms with E-state index in [2.05, 4.69) is 15.4 Å². The van der Waals surface area contributed by atoms with Gasteiger partial charge in [0.05, 0.1) is 6.54 Å². The number of ether oxygens (including phenoxy) is 1. The Morgan fingerprint density at radius 2 is 2.00 bits per heavy atom. The minimum atomic E-state index is -2.96. The highest BCUT2D eigenvalue weighted by atomic mass is 32.1. The zero-order valence-corrected chi connectivity index (χ0v) is 15.6. The maximum absolute atomic E-state index is 12.8. The molecule has 0 spiro atoms. The largest absolute Gasteiger partial charge is 0.435 e. The van der Waals surface area contributed by atoms with Gasteiger partial charge in [0, 0.05) is 4.88 Å². The highest BCUT2D eigenvalue weighted by molar-refractivity contribution is 7.09. The van der Waals surface area contributed by atoms with Gasteiger partial charge in [0.2, 0.25) is 5.91 Å². The number of thiophene rings is 1. The summed E-state index contributed by atoms with van der Waals surface area (Å²) in [6.45, 7) is -1.58. The van der Waals surface area contributed by atoms with Gasteiger partial charge in [0.15, 0.2) is 0 Å². The van der Waals surface area contributed by atoms with E-state index >= 15 is 0 Å². The molecule has 1 unspecified atom stereocenters. The second kappa shape index (κ2) is 7.93. The van der Waals surface area contributed by atoms with Gasteiger partial charge < -0.3 is 15.4 Å². The zero-order valence-electron chi connectivity index (χ0n) is 14.8. The maximum atomic E-state index is 12.8. The summed E-state index contributed by atoms with van der Waals surface area (Å²) < 4.78 is 28.8. The molecule has 1 aliphatic heterocycles. The lowest BCUT2D eigenvalue weighted by Gasteiger charge is -2.22. The molecule has 2 aromatic rings. The molecule has 10 heteroatoms. The molecule has 1 saturated heterocycles. The molecule has 0 radical (unpaired) electrons. The summed E-state index contributed by atoms with van der Waals surface area (Å²) in [5.74, 6) is -1.14. The number of benzene rings is 1. The number of urea groups is 1. The number of amides is 4. The van der Waals surface area contributed by atoms with Crippen LogP contribution < -0.4 is 15.4 Å². The topological polar surface area (TPSA) is 87.7 Å². The van der Waals surface area contributed by atoms with Crippen LogP contribution in [0.5, 0.6) is 5.75 Å². The Labute approximate surface area is 163 Å². The van der Waals surface area contributed by atoms with Crippen LogP contribution in [0.3, 0.4) is 0 Å². The molecule has 1 aliphatic rings. The second-order valence-electron chi connectivity index (χ2n) is 6.21. The molecule has 148 valence electrons. The van der Waals surface area contributed by atoms with Gasteiger partial charge in [-0.25, -0.2) is 4.79 Å². The Morgan fingerprint density at radius 1 is 1.29 bits per heavy atom. The summed E-state index contributed by atoms with van der Waals surface area (Å²) >= 11 is 1.48. The number of nitrogens with zero attached hydrogens (tertiary/aromatic N) is 1.